The maximum absolute atomic E-state index is 12.9. The molecule has 0 saturated heterocycles. The van der Waals surface area contributed by atoms with Crippen molar-refractivity contribution >= 4 is 42.8 Å². The second kappa shape index (κ2) is 9.91. The molecule has 2 aromatic heterocycles. The zero-order valence-electron chi connectivity index (χ0n) is 18.5. The highest BCUT2D eigenvalue weighted by atomic mass is 32.2. The molecule has 0 bridgehead atoms. The Bertz CT molecular complexity index is 1420. The van der Waals surface area contributed by atoms with Gasteiger partial charge in [-0.15, -0.1) is 0 Å². The van der Waals surface area contributed by atoms with Gasteiger partial charge in [0.2, 0.25) is 15.8 Å². The molecule has 0 amide bonds. The Hall–Kier alpha value is -3.29. The number of carbonyl (C=O) groups is 1. The van der Waals surface area contributed by atoms with Crippen molar-refractivity contribution in [2.45, 2.75) is 24.7 Å². The number of rotatable bonds is 10. The van der Waals surface area contributed by atoms with Crippen LogP contribution in [0.3, 0.4) is 0 Å². The van der Waals surface area contributed by atoms with Gasteiger partial charge in [-0.1, -0.05) is 17.7 Å². The summed E-state index contributed by atoms with van der Waals surface area (Å²) in [5.74, 6) is -2.67. The van der Waals surface area contributed by atoms with Crippen LogP contribution in [-0.2, 0) is 20.1 Å². The summed E-state index contributed by atoms with van der Waals surface area (Å²) in [5.41, 5.74) is 5.30. The quantitative estimate of drug-likeness (QED) is 0.304. The monoisotopic (exact) mass is 508 g/mol. The molecule has 34 heavy (non-hydrogen) atoms. The summed E-state index contributed by atoms with van der Waals surface area (Å²) in [6.45, 7) is 2.11. The molecule has 0 unspecified atom stereocenters. The number of carboxylic acid groups (broad SMARTS) is 1. The van der Waals surface area contributed by atoms with Crippen LogP contribution < -0.4 is 14.2 Å². The van der Waals surface area contributed by atoms with E-state index < -0.39 is 37.6 Å². The van der Waals surface area contributed by atoms with E-state index in [0.29, 0.717) is 19.4 Å². The van der Waals surface area contributed by atoms with Gasteiger partial charge in [-0.05, 0) is 50.6 Å². The van der Waals surface area contributed by atoms with Gasteiger partial charge in [0.05, 0.1) is 5.75 Å². The van der Waals surface area contributed by atoms with Crippen LogP contribution in [0.15, 0.2) is 47.5 Å². The van der Waals surface area contributed by atoms with Crippen LogP contribution in [0.4, 0.5) is 5.82 Å². The molecule has 0 radical (unpaired) electrons. The number of aromatic nitrogens is 2. The van der Waals surface area contributed by atoms with Crippen LogP contribution in [0, 0.1) is 6.92 Å². The van der Waals surface area contributed by atoms with Gasteiger partial charge < -0.3 is 15.0 Å². The van der Waals surface area contributed by atoms with Gasteiger partial charge in [0, 0.05) is 18.6 Å². The number of fused-ring (bicyclic) bond motifs is 1. The molecule has 0 aliphatic heterocycles. The molecule has 3 aromatic rings. The number of aromatic carboxylic acids is 1. The van der Waals surface area contributed by atoms with Crippen LogP contribution in [0.2, 0.25) is 0 Å². The molecular formula is C21H24N4O7S2. The lowest BCUT2D eigenvalue weighted by Crippen LogP contribution is -2.31. The standard InChI is InChI=1S/C21H24N4O7S2/c1-14-7-9-15(10-8-14)34(30,31)32-19-17-16(6-5-12-23-17)20(24-18(19)21(26)27)25(2)33(28,29)13-4-3-11-22/h5-10,12H,3-4,11,13,22H2,1-2H3,(H,26,27). The molecule has 0 atom stereocenters. The highest BCUT2D eigenvalue weighted by Gasteiger charge is 2.30. The zero-order chi connectivity index (χ0) is 25.1. The maximum Gasteiger partial charge on any atom is 0.358 e. The lowest BCUT2D eigenvalue weighted by Gasteiger charge is -2.21. The molecule has 2 heterocycles. The van der Waals surface area contributed by atoms with Crippen molar-refractivity contribution in [2.75, 3.05) is 23.7 Å². The number of carboxylic acids is 1. The van der Waals surface area contributed by atoms with E-state index in [4.69, 9.17) is 9.92 Å². The number of sulfonamides is 1. The minimum atomic E-state index is -4.44. The lowest BCUT2D eigenvalue weighted by molar-refractivity contribution is 0.0689. The number of benzene rings is 1. The molecule has 0 fully saturated rings. The number of hydrogen-bond donors (Lipinski definition) is 2. The third-order valence-electron chi connectivity index (χ3n) is 4.97. The average Bonchev–Trinajstić information content (AvgIpc) is 2.79. The number of unbranched alkanes of at least 4 members (excludes halogenated alkanes) is 1. The molecule has 13 heteroatoms. The van der Waals surface area contributed by atoms with Gasteiger partial charge in [-0.3, -0.25) is 9.29 Å². The topological polar surface area (TPSA) is 170 Å². The van der Waals surface area contributed by atoms with E-state index in [0.717, 1.165) is 9.87 Å². The van der Waals surface area contributed by atoms with Gasteiger partial charge in [-0.2, -0.15) is 8.42 Å². The van der Waals surface area contributed by atoms with E-state index in [-0.39, 0.29) is 27.4 Å². The summed E-state index contributed by atoms with van der Waals surface area (Å²) in [5, 5.41) is 9.87. The number of nitrogens with zero attached hydrogens (tertiary/aromatic N) is 3. The first-order chi connectivity index (χ1) is 16.0. The van der Waals surface area contributed by atoms with E-state index in [1.165, 1.54) is 37.5 Å². The molecular weight excluding hydrogens is 484 g/mol. The number of anilines is 1. The summed E-state index contributed by atoms with van der Waals surface area (Å²) in [6, 6.07) is 8.72. The van der Waals surface area contributed by atoms with Crippen molar-refractivity contribution in [1.82, 2.24) is 9.97 Å². The molecule has 0 saturated carbocycles. The van der Waals surface area contributed by atoms with E-state index in [1.807, 2.05) is 0 Å². The van der Waals surface area contributed by atoms with Crippen molar-refractivity contribution in [3.63, 3.8) is 0 Å². The van der Waals surface area contributed by atoms with Gasteiger partial charge in [0.15, 0.2) is 11.5 Å². The van der Waals surface area contributed by atoms with Crippen molar-refractivity contribution in [3.05, 3.63) is 53.9 Å². The van der Waals surface area contributed by atoms with Crippen molar-refractivity contribution in [1.29, 1.82) is 0 Å². The van der Waals surface area contributed by atoms with Crippen molar-refractivity contribution in [3.8, 4) is 5.75 Å². The van der Waals surface area contributed by atoms with Crippen LogP contribution in [0.5, 0.6) is 5.75 Å². The van der Waals surface area contributed by atoms with E-state index in [1.54, 1.807) is 19.1 Å². The molecule has 11 nitrogen and oxygen atoms in total. The number of nitrogens with two attached hydrogens (primary N) is 1. The summed E-state index contributed by atoms with van der Waals surface area (Å²) >= 11 is 0. The highest BCUT2D eigenvalue weighted by molar-refractivity contribution is 7.92. The highest BCUT2D eigenvalue weighted by Crippen LogP contribution is 2.35. The van der Waals surface area contributed by atoms with Crippen LogP contribution in [-0.4, -0.2) is 57.2 Å². The summed E-state index contributed by atoms with van der Waals surface area (Å²) in [6.07, 6.45) is 2.10. The molecule has 0 aliphatic rings. The van der Waals surface area contributed by atoms with Crippen molar-refractivity contribution in [2.24, 2.45) is 5.73 Å². The number of aryl methyl sites for hydroxylation is 1. The first-order valence-electron chi connectivity index (χ1n) is 10.2. The Balaban J connectivity index is 2.17. The van der Waals surface area contributed by atoms with Crippen LogP contribution in [0.1, 0.15) is 28.9 Å². The predicted molar refractivity (Wildman–Crippen MR) is 126 cm³/mol. The molecule has 0 spiro atoms. The van der Waals surface area contributed by atoms with Gasteiger partial charge in [-0.25, -0.2) is 18.2 Å². The smallest absolute Gasteiger partial charge is 0.358 e. The fourth-order valence-corrected chi connectivity index (χ4v) is 5.31. The first kappa shape index (κ1) is 25.3. The summed E-state index contributed by atoms with van der Waals surface area (Å²) in [4.78, 5) is 19.9. The average molecular weight is 509 g/mol. The fourth-order valence-electron chi connectivity index (χ4n) is 3.12. The number of pyridine rings is 2. The second-order valence-corrected chi connectivity index (χ2v) is 11.1. The minimum Gasteiger partial charge on any atom is -0.476 e. The molecule has 182 valence electrons. The van der Waals surface area contributed by atoms with E-state index in [2.05, 4.69) is 9.97 Å². The minimum absolute atomic E-state index is 0.103. The van der Waals surface area contributed by atoms with Gasteiger partial charge in [0.25, 0.3) is 0 Å². The summed E-state index contributed by atoms with van der Waals surface area (Å²) in [7, 11) is -7.08. The molecule has 3 N–H and O–H groups in total. The Morgan fingerprint density at radius 1 is 1.12 bits per heavy atom. The molecule has 1 aromatic carbocycles. The Kier molecular flexibility index (Phi) is 7.38. The van der Waals surface area contributed by atoms with Crippen LogP contribution >= 0.6 is 0 Å². The van der Waals surface area contributed by atoms with Gasteiger partial charge >= 0.3 is 16.1 Å². The van der Waals surface area contributed by atoms with Crippen LogP contribution in [0.25, 0.3) is 10.9 Å². The zero-order valence-corrected chi connectivity index (χ0v) is 20.1. The molecule has 0 aliphatic carbocycles. The predicted octanol–water partition coefficient (Wildman–Crippen LogP) is 1.91. The number of hydrogen-bond acceptors (Lipinski definition) is 9. The van der Waals surface area contributed by atoms with E-state index >= 15 is 0 Å². The Morgan fingerprint density at radius 2 is 1.79 bits per heavy atom. The SMILES string of the molecule is Cc1ccc(S(=O)(=O)Oc2c(C(=O)O)nc(N(C)S(=O)(=O)CCCCN)c3cccnc23)cc1. The summed E-state index contributed by atoms with van der Waals surface area (Å²) < 4.78 is 57.4. The Labute approximate surface area is 197 Å². The third kappa shape index (κ3) is 5.26. The third-order valence-corrected chi connectivity index (χ3v) is 8.02. The normalized spacial score (nSPS) is 12.0. The van der Waals surface area contributed by atoms with Crippen molar-refractivity contribution < 1.29 is 30.9 Å². The van der Waals surface area contributed by atoms with E-state index in [9.17, 15) is 26.7 Å². The maximum atomic E-state index is 12.9. The Morgan fingerprint density at radius 3 is 2.41 bits per heavy atom. The largest absolute Gasteiger partial charge is 0.476 e. The lowest BCUT2D eigenvalue weighted by atomic mass is 10.2. The molecule has 3 rings (SSSR count). The van der Waals surface area contributed by atoms with Gasteiger partial charge in [0.1, 0.15) is 10.4 Å². The second-order valence-electron chi connectivity index (χ2n) is 7.45. The first-order valence-corrected chi connectivity index (χ1v) is 13.2. The fraction of sp³-hybridized carbons (Fsp3) is 0.286.